The van der Waals surface area contributed by atoms with Crippen molar-refractivity contribution in [3.63, 3.8) is 0 Å². The zero-order valence-electron chi connectivity index (χ0n) is 12.6. The van der Waals surface area contributed by atoms with Crippen molar-refractivity contribution in [1.82, 2.24) is 14.8 Å². The average molecular weight is 305 g/mol. The molecule has 0 radical (unpaired) electrons. The Bertz CT molecular complexity index is 603. The van der Waals surface area contributed by atoms with E-state index >= 15 is 0 Å². The molecule has 2 N–H and O–H groups in total. The minimum atomic E-state index is -0.346. The van der Waals surface area contributed by atoms with Crippen LogP contribution in [0.5, 0.6) is 0 Å². The molecule has 21 heavy (non-hydrogen) atoms. The fraction of sp³-hybridized carbons (Fsp3) is 0.500. The van der Waals surface area contributed by atoms with Crippen LogP contribution in [0, 0.1) is 4.77 Å². The highest BCUT2D eigenvalue weighted by molar-refractivity contribution is 7.71. The molecule has 0 amide bonds. The van der Waals surface area contributed by atoms with Crippen LogP contribution in [0.3, 0.4) is 0 Å². The van der Waals surface area contributed by atoms with E-state index in [0.29, 0.717) is 11.2 Å². The first-order chi connectivity index (χ1) is 10.1. The fourth-order valence-corrected chi connectivity index (χ4v) is 2.87. The first-order valence-corrected chi connectivity index (χ1v) is 7.95. The Morgan fingerprint density at radius 1 is 1.33 bits per heavy atom. The number of aliphatic hydroxyl groups is 1. The first kappa shape index (κ1) is 15.9. The van der Waals surface area contributed by atoms with Gasteiger partial charge in [0.2, 0.25) is 0 Å². The summed E-state index contributed by atoms with van der Waals surface area (Å²) in [6, 6.07) is 10.0. The topological polar surface area (TPSA) is 53.8 Å². The van der Waals surface area contributed by atoms with Gasteiger partial charge in [0.1, 0.15) is 5.82 Å². The summed E-state index contributed by atoms with van der Waals surface area (Å²) >= 11 is 5.38. The van der Waals surface area contributed by atoms with Crippen molar-refractivity contribution in [2.24, 2.45) is 0 Å². The van der Waals surface area contributed by atoms with Crippen LogP contribution in [0.25, 0.3) is 5.69 Å². The number of nitrogens with one attached hydrogen (secondary N) is 1. The first-order valence-electron chi connectivity index (χ1n) is 7.54. The molecule has 2 atom stereocenters. The second-order valence-corrected chi connectivity index (χ2v) is 5.87. The monoisotopic (exact) mass is 305 g/mol. The van der Waals surface area contributed by atoms with E-state index in [1.165, 1.54) is 0 Å². The lowest BCUT2D eigenvalue weighted by Crippen LogP contribution is -2.14. The number of aliphatic hydroxyl groups excluding tert-OH is 1. The maximum Gasteiger partial charge on any atom is 0.199 e. The summed E-state index contributed by atoms with van der Waals surface area (Å²) < 4.78 is 2.58. The number of hydrogen-bond donors (Lipinski definition) is 2. The fourth-order valence-electron chi connectivity index (χ4n) is 2.62. The highest BCUT2D eigenvalue weighted by Crippen LogP contribution is 2.27. The molecular weight excluding hydrogens is 282 g/mol. The van der Waals surface area contributed by atoms with Crippen molar-refractivity contribution in [2.45, 2.75) is 51.6 Å². The van der Waals surface area contributed by atoms with E-state index in [1.807, 2.05) is 41.8 Å². The van der Waals surface area contributed by atoms with Crippen LogP contribution in [-0.4, -0.2) is 26.0 Å². The minimum Gasteiger partial charge on any atom is -0.393 e. The molecule has 1 aromatic carbocycles. The molecule has 0 aliphatic rings. The van der Waals surface area contributed by atoms with Crippen LogP contribution in [0.1, 0.15) is 51.3 Å². The van der Waals surface area contributed by atoms with Gasteiger partial charge in [0.25, 0.3) is 0 Å². The minimum absolute atomic E-state index is 0.207. The molecular formula is C16H23N3OS. The van der Waals surface area contributed by atoms with Crippen LogP contribution in [0.4, 0.5) is 0 Å². The van der Waals surface area contributed by atoms with Crippen molar-refractivity contribution in [2.75, 3.05) is 0 Å². The van der Waals surface area contributed by atoms with E-state index in [2.05, 4.69) is 17.1 Å². The molecule has 0 saturated heterocycles. The molecule has 0 fully saturated rings. The average Bonchev–Trinajstić information content (AvgIpc) is 2.85. The molecule has 0 spiro atoms. The van der Waals surface area contributed by atoms with Crippen LogP contribution in [-0.2, 0) is 0 Å². The lowest BCUT2D eigenvalue weighted by atomic mass is 9.95. The van der Waals surface area contributed by atoms with Crippen LogP contribution >= 0.6 is 12.2 Å². The van der Waals surface area contributed by atoms with E-state index in [4.69, 9.17) is 12.2 Å². The van der Waals surface area contributed by atoms with Crippen LogP contribution in [0.2, 0.25) is 0 Å². The molecule has 0 aliphatic carbocycles. The molecule has 2 rings (SSSR count). The van der Waals surface area contributed by atoms with Gasteiger partial charge in [0.05, 0.1) is 6.10 Å². The summed E-state index contributed by atoms with van der Waals surface area (Å²) in [6.07, 6.45) is 3.61. The Morgan fingerprint density at radius 3 is 2.67 bits per heavy atom. The van der Waals surface area contributed by atoms with Gasteiger partial charge in [0, 0.05) is 11.6 Å². The summed E-state index contributed by atoms with van der Waals surface area (Å²) in [4.78, 5) is 0. The maximum absolute atomic E-state index is 9.78. The standard InChI is InChI=1S/C16H23N3OS/c1-3-4-8-13(11-12(2)20)15-17-18-16(21)19(15)14-9-6-5-7-10-14/h5-7,9-10,12-13,20H,3-4,8,11H2,1-2H3,(H,18,21)/t12-,13-/m1/s1. The third-order valence-corrected chi connectivity index (χ3v) is 3.88. The Balaban J connectivity index is 2.39. The van der Waals surface area contributed by atoms with Crippen molar-refractivity contribution in [3.05, 3.63) is 40.9 Å². The molecule has 0 bridgehead atoms. The molecule has 0 unspecified atom stereocenters. The van der Waals surface area contributed by atoms with Crippen LogP contribution < -0.4 is 0 Å². The van der Waals surface area contributed by atoms with E-state index in [-0.39, 0.29) is 12.0 Å². The van der Waals surface area contributed by atoms with Gasteiger partial charge in [0.15, 0.2) is 4.77 Å². The molecule has 0 saturated carbocycles. The van der Waals surface area contributed by atoms with E-state index in [0.717, 1.165) is 30.8 Å². The second kappa shape index (κ2) is 7.52. The molecule has 4 nitrogen and oxygen atoms in total. The SMILES string of the molecule is CCCC[C@H](C[C@@H](C)O)c1n[nH]c(=S)n1-c1ccccc1. The number of aromatic nitrogens is 3. The number of para-hydroxylation sites is 1. The predicted molar refractivity (Wildman–Crippen MR) is 87.3 cm³/mol. The van der Waals surface area contributed by atoms with Crippen molar-refractivity contribution in [1.29, 1.82) is 0 Å². The van der Waals surface area contributed by atoms with Gasteiger partial charge >= 0.3 is 0 Å². The zero-order chi connectivity index (χ0) is 15.2. The van der Waals surface area contributed by atoms with Gasteiger partial charge in [-0.05, 0) is 44.1 Å². The largest absolute Gasteiger partial charge is 0.393 e. The number of rotatable bonds is 7. The highest BCUT2D eigenvalue weighted by Gasteiger charge is 2.21. The quantitative estimate of drug-likeness (QED) is 0.761. The summed E-state index contributed by atoms with van der Waals surface area (Å²) in [5, 5.41) is 17.1. The third kappa shape index (κ3) is 4.02. The Kier molecular flexibility index (Phi) is 5.70. The molecule has 1 aromatic heterocycles. The Labute approximate surface area is 130 Å². The van der Waals surface area contributed by atoms with Crippen molar-refractivity contribution < 1.29 is 5.11 Å². The lowest BCUT2D eigenvalue weighted by Gasteiger charge is -2.18. The molecule has 5 heteroatoms. The second-order valence-electron chi connectivity index (χ2n) is 5.48. The predicted octanol–water partition coefficient (Wildman–Crippen LogP) is 3.97. The smallest absolute Gasteiger partial charge is 0.199 e. The maximum atomic E-state index is 9.78. The number of aromatic amines is 1. The Hall–Kier alpha value is -1.46. The number of hydrogen-bond acceptors (Lipinski definition) is 3. The summed E-state index contributed by atoms with van der Waals surface area (Å²) in [5.74, 6) is 1.12. The lowest BCUT2D eigenvalue weighted by molar-refractivity contribution is 0.170. The van der Waals surface area contributed by atoms with E-state index in [1.54, 1.807) is 0 Å². The summed E-state index contributed by atoms with van der Waals surface area (Å²) in [5.41, 5.74) is 1.01. The molecule has 114 valence electrons. The summed E-state index contributed by atoms with van der Waals surface area (Å²) in [7, 11) is 0. The molecule has 1 heterocycles. The third-order valence-electron chi connectivity index (χ3n) is 3.61. The number of unbranched alkanes of at least 4 members (excludes halogenated alkanes) is 1. The molecule has 0 aliphatic heterocycles. The molecule has 2 aromatic rings. The van der Waals surface area contributed by atoms with Gasteiger partial charge in [-0.1, -0.05) is 38.0 Å². The zero-order valence-corrected chi connectivity index (χ0v) is 13.4. The van der Waals surface area contributed by atoms with Gasteiger partial charge in [-0.15, -0.1) is 0 Å². The highest BCUT2D eigenvalue weighted by atomic mass is 32.1. The van der Waals surface area contributed by atoms with Crippen LogP contribution in [0.15, 0.2) is 30.3 Å². The Morgan fingerprint density at radius 2 is 2.05 bits per heavy atom. The van der Waals surface area contributed by atoms with Gasteiger partial charge < -0.3 is 5.11 Å². The summed E-state index contributed by atoms with van der Waals surface area (Å²) in [6.45, 7) is 4.00. The number of nitrogens with zero attached hydrogens (tertiary/aromatic N) is 2. The van der Waals surface area contributed by atoms with Gasteiger partial charge in [-0.25, -0.2) is 0 Å². The van der Waals surface area contributed by atoms with E-state index < -0.39 is 0 Å². The van der Waals surface area contributed by atoms with Gasteiger partial charge in [-0.3, -0.25) is 9.67 Å². The van der Waals surface area contributed by atoms with Crippen molar-refractivity contribution in [3.8, 4) is 5.69 Å². The van der Waals surface area contributed by atoms with Crippen molar-refractivity contribution >= 4 is 12.2 Å². The number of H-pyrrole nitrogens is 1. The van der Waals surface area contributed by atoms with E-state index in [9.17, 15) is 5.11 Å². The van der Waals surface area contributed by atoms with Gasteiger partial charge in [-0.2, -0.15) is 5.10 Å². The normalized spacial score (nSPS) is 14.0. The number of benzene rings is 1.